The summed E-state index contributed by atoms with van der Waals surface area (Å²) in [6, 6.07) is 0.0785. The van der Waals surface area contributed by atoms with Crippen molar-refractivity contribution in [3.63, 3.8) is 0 Å². The largest absolute Gasteiger partial charge is 0.481 e. The van der Waals surface area contributed by atoms with Crippen molar-refractivity contribution in [1.29, 1.82) is 0 Å². The van der Waals surface area contributed by atoms with Gasteiger partial charge in [-0.25, -0.2) is 4.79 Å². The topological polar surface area (TPSA) is 60.9 Å². The van der Waals surface area contributed by atoms with E-state index in [-0.39, 0.29) is 11.9 Å². The Kier molecular flexibility index (Phi) is 3.85. The highest BCUT2D eigenvalue weighted by molar-refractivity contribution is 5.76. The van der Waals surface area contributed by atoms with E-state index in [1.807, 2.05) is 4.90 Å². The first-order chi connectivity index (χ1) is 9.63. The summed E-state index contributed by atoms with van der Waals surface area (Å²) in [5, 5.41) is 9.14. The second kappa shape index (κ2) is 5.62. The van der Waals surface area contributed by atoms with Crippen LogP contribution in [0.1, 0.15) is 38.5 Å². The van der Waals surface area contributed by atoms with Crippen molar-refractivity contribution in [3.8, 4) is 0 Å². The van der Waals surface area contributed by atoms with Crippen LogP contribution in [0.5, 0.6) is 0 Å². The van der Waals surface area contributed by atoms with Crippen molar-refractivity contribution in [2.75, 3.05) is 26.2 Å². The molecule has 0 aromatic heterocycles. The van der Waals surface area contributed by atoms with Crippen molar-refractivity contribution < 1.29 is 14.7 Å². The van der Waals surface area contributed by atoms with E-state index in [2.05, 4.69) is 0 Å². The summed E-state index contributed by atoms with van der Waals surface area (Å²) >= 11 is 0. The summed E-state index contributed by atoms with van der Waals surface area (Å²) in [5.74, 6) is 0.241. The van der Waals surface area contributed by atoms with Gasteiger partial charge in [-0.2, -0.15) is 0 Å². The number of hydrogen-bond donors (Lipinski definition) is 1. The molecule has 0 radical (unpaired) electrons. The van der Waals surface area contributed by atoms with Crippen LogP contribution >= 0.6 is 0 Å². The molecule has 1 heterocycles. The summed E-state index contributed by atoms with van der Waals surface area (Å²) in [6.45, 7) is 2.86. The standard InChI is InChI=1S/C15H24N2O3/c18-14(19)13-2-1-7-16(10-13)15(20)17(8-11-3-4-11)9-12-5-6-12/h11-13H,1-10H2,(H,18,19). The Morgan fingerprint density at radius 1 is 1.05 bits per heavy atom. The first-order valence-electron chi connectivity index (χ1n) is 7.90. The number of nitrogens with zero attached hydrogens (tertiary/aromatic N) is 2. The molecular weight excluding hydrogens is 256 g/mol. The third-order valence-electron chi connectivity index (χ3n) is 4.66. The minimum absolute atomic E-state index is 0.0785. The molecule has 5 nitrogen and oxygen atoms in total. The number of rotatable bonds is 5. The Morgan fingerprint density at radius 3 is 2.15 bits per heavy atom. The highest BCUT2D eigenvalue weighted by Crippen LogP contribution is 2.34. The van der Waals surface area contributed by atoms with Gasteiger partial charge in [-0.3, -0.25) is 4.79 Å². The number of carbonyl (C=O) groups excluding carboxylic acids is 1. The average Bonchev–Trinajstić information content (AvgIpc) is 3.32. The lowest BCUT2D eigenvalue weighted by Gasteiger charge is -2.35. The first kappa shape index (κ1) is 13.7. The molecule has 2 saturated carbocycles. The van der Waals surface area contributed by atoms with Gasteiger partial charge in [0.1, 0.15) is 0 Å². The molecule has 0 aromatic carbocycles. The number of amides is 2. The van der Waals surface area contributed by atoms with E-state index in [9.17, 15) is 9.59 Å². The fraction of sp³-hybridized carbons (Fsp3) is 0.867. The molecule has 1 unspecified atom stereocenters. The van der Waals surface area contributed by atoms with E-state index in [0.717, 1.165) is 19.5 Å². The average molecular weight is 280 g/mol. The highest BCUT2D eigenvalue weighted by atomic mass is 16.4. The van der Waals surface area contributed by atoms with Crippen molar-refractivity contribution in [2.45, 2.75) is 38.5 Å². The molecule has 112 valence electrons. The van der Waals surface area contributed by atoms with Crippen LogP contribution in [0, 0.1) is 17.8 Å². The van der Waals surface area contributed by atoms with Crippen LogP contribution in [-0.4, -0.2) is 53.1 Å². The van der Waals surface area contributed by atoms with Crippen LogP contribution in [0.2, 0.25) is 0 Å². The normalized spacial score (nSPS) is 26.4. The van der Waals surface area contributed by atoms with E-state index >= 15 is 0 Å². The van der Waals surface area contributed by atoms with Gasteiger partial charge in [0.2, 0.25) is 0 Å². The molecule has 1 atom stereocenters. The third-order valence-corrected chi connectivity index (χ3v) is 4.66. The Bertz CT molecular complexity index is 377. The summed E-state index contributed by atoms with van der Waals surface area (Å²) in [4.78, 5) is 27.5. The number of carboxylic acids is 1. The summed E-state index contributed by atoms with van der Waals surface area (Å²) < 4.78 is 0. The van der Waals surface area contributed by atoms with Crippen LogP contribution in [0.25, 0.3) is 0 Å². The quantitative estimate of drug-likeness (QED) is 0.838. The zero-order valence-electron chi connectivity index (χ0n) is 12.0. The van der Waals surface area contributed by atoms with Gasteiger partial charge < -0.3 is 14.9 Å². The SMILES string of the molecule is O=C(O)C1CCCN(C(=O)N(CC2CC2)CC2CC2)C1. The summed E-state index contributed by atoms with van der Waals surface area (Å²) in [5.41, 5.74) is 0. The zero-order chi connectivity index (χ0) is 14.1. The Labute approximate surface area is 119 Å². The van der Waals surface area contributed by atoms with Gasteiger partial charge in [0, 0.05) is 26.2 Å². The number of aliphatic carboxylic acids is 1. The minimum Gasteiger partial charge on any atom is -0.481 e. The molecule has 0 aromatic rings. The van der Waals surface area contributed by atoms with Crippen LogP contribution < -0.4 is 0 Å². The van der Waals surface area contributed by atoms with Gasteiger partial charge >= 0.3 is 12.0 Å². The van der Waals surface area contributed by atoms with Crippen molar-refractivity contribution in [2.24, 2.45) is 17.8 Å². The number of carbonyl (C=O) groups is 2. The third kappa shape index (κ3) is 3.44. The van der Waals surface area contributed by atoms with Crippen LogP contribution in [0.15, 0.2) is 0 Å². The molecule has 1 saturated heterocycles. The van der Waals surface area contributed by atoms with Gasteiger partial charge in [-0.15, -0.1) is 0 Å². The number of carboxylic acid groups (broad SMARTS) is 1. The van der Waals surface area contributed by atoms with Crippen LogP contribution in [0.3, 0.4) is 0 Å². The van der Waals surface area contributed by atoms with E-state index < -0.39 is 5.97 Å². The lowest BCUT2D eigenvalue weighted by molar-refractivity contribution is -0.143. The predicted molar refractivity (Wildman–Crippen MR) is 74.3 cm³/mol. The van der Waals surface area contributed by atoms with Crippen molar-refractivity contribution in [1.82, 2.24) is 9.80 Å². The lowest BCUT2D eigenvalue weighted by atomic mass is 9.98. The first-order valence-corrected chi connectivity index (χ1v) is 7.90. The Balaban J connectivity index is 1.59. The molecule has 0 spiro atoms. The second-order valence-corrected chi connectivity index (χ2v) is 6.70. The lowest BCUT2D eigenvalue weighted by Crippen LogP contribution is -2.49. The summed E-state index contributed by atoms with van der Waals surface area (Å²) in [7, 11) is 0. The van der Waals surface area contributed by atoms with Gasteiger partial charge in [-0.1, -0.05) is 0 Å². The van der Waals surface area contributed by atoms with Gasteiger partial charge in [0.15, 0.2) is 0 Å². The van der Waals surface area contributed by atoms with Gasteiger partial charge in [0.05, 0.1) is 5.92 Å². The fourth-order valence-corrected chi connectivity index (χ4v) is 3.01. The molecule has 2 amide bonds. The number of urea groups is 1. The van der Waals surface area contributed by atoms with E-state index in [4.69, 9.17) is 5.11 Å². The molecule has 2 aliphatic carbocycles. The maximum Gasteiger partial charge on any atom is 0.320 e. The van der Waals surface area contributed by atoms with Gasteiger partial charge in [0.25, 0.3) is 0 Å². The molecule has 3 fully saturated rings. The zero-order valence-corrected chi connectivity index (χ0v) is 12.0. The van der Waals surface area contributed by atoms with Crippen LogP contribution in [-0.2, 0) is 4.79 Å². The number of piperidine rings is 1. The molecular formula is C15H24N2O3. The second-order valence-electron chi connectivity index (χ2n) is 6.70. The van der Waals surface area contributed by atoms with E-state index in [1.54, 1.807) is 4.90 Å². The summed E-state index contributed by atoms with van der Waals surface area (Å²) in [6.07, 6.45) is 6.48. The van der Waals surface area contributed by atoms with Crippen LogP contribution in [0.4, 0.5) is 4.79 Å². The van der Waals surface area contributed by atoms with Crippen molar-refractivity contribution >= 4 is 12.0 Å². The van der Waals surface area contributed by atoms with Gasteiger partial charge in [-0.05, 0) is 50.4 Å². The molecule has 5 heteroatoms. The predicted octanol–water partition coefficient (Wildman–Crippen LogP) is 2.03. The van der Waals surface area contributed by atoms with E-state index in [1.165, 1.54) is 25.7 Å². The Hall–Kier alpha value is -1.26. The maximum absolute atomic E-state index is 12.7. The molecule has 1 N–H and O–H groups in total. The fourth-order valence-electron chi connectivity index (χ4n) is 3.01. The molecule has 0 bridgehead atoms. The minimum atomic E-state index is -0.765. The highest BCUT2D eigenvalue weighted by Gasteiger charge is 2.35. The number of hydrogen-bond acceptors (Lipinski definition) is 2. The number of likely N-dealkylation sites (tertiary alicyclic amines) is 1. The monoisotopic (exact) mass is 280 g/mol. The molecule has 3 rings (SSSR count). The van der Waals surface area contributed by atoms with E-state index in [0.29, 0.717) is 31.3 Å². The molecule has 20 heavy (non-hydrogen) atoms. The Morgan fingerprint density at radius 2 is 1.65 bits per heavy atom. The molecule has 1 aliphatic heterocycles. The van der Waals surface area contributed by atoms with Crippen molar-refractivity contribution in [3.05, 3.63) is 0 Å². The molecule has 3 aliphatic rings. The maximum atomic E-state index is 12.7. The smallest absolute Gasteiger partial charge is 0.320 e.